The summed E-state index contributed by atoms with van der Waals surface area (Å²) in [6.07, 6.45) is -11.5. The van der Waals surface area contributed by atoms with Gasteiger partial charge in [-0.15, -0.1) is 0 Å². The highest BCUT2D eigenvalue weighted by Crippen LogP contribution is 2.57. The number of aliphatic hydroxyl groups excluding tert-OH is 1. The first-order valence-corrected chi connectivity index (χ1v) is 13.6. The molecule has 2 aliphatic heterocycles. The van der Waals surface area contributed by atoms with E-state index in [1.165, 1.54) is 19.1 Å². The number of nitrogens with zero attached hydrogens (tertiary/aromatic N) is 1. The van der Waals surface area contributed by atoms with Gasteiger partial charge in [0.05, 0.1) is 40.1 Å². The highest BCUT2D eigenvalue weighted by Gasteiger charge is 2.73. The fourth-order valence-corrected chi connectivity index (χ4v) is 5.56. The van der Waals surface area contributed by atoms with Crippen LogP contribution in [-0.2, 0) is 10.2 Å². The summed E-state index contributed by atoms with van der Waals surface area (Å²) in [5.41, 5.74) is -9.92. The number of fused-ring (bicyclic) bond motifs is 2. The van der Waals surface area contributed by atoms with E-state index < -0.39 is 80.7 Å². The molecule has 4 amide bonds. The zero-order valence-corrected chi connectivity index (χ0v) is 23.6. The number of rotatable bonds is 8. The van der Waals surface area contributed by atoms with E-state index in [0.29, 0.717) is 59.7 Å². The fraction of sp³-hybridized carbons (Fsp3) is 0.258. The summed E-state index contributed by atoms with van der Waals surface area (Å²) in [6, 6.07) is 6.70. The quantitative estimate of drug-likeness (QED) is 0.152. The molecule has 0 aliphatic carbocycles. The van der Waals surface area contributed by atoms with Gasteiger partial charge < -0.3 is 9.84 Å². The summed E-state index contributed by atoms with van der Waals surface area (Å²) in [5.74, 6) is -5.31. The molecule has 46 heavy (non-hydrogen) atoms. The van der Waals surface area contributed by atoms with Crippen LogP contribution in [0, 0.1) is 6.92 Å². The fourth-order valence-electron chi connectivity index (χ4n) is 5.56. The van der Waals surface area contributed by atoms with Gasteiger partial charge in [0.2, 0.25) is 5.41 Å². The Kier molecular flexibility index (Phi) is 8.01. The van der Waals surface area contributed by atoms with Crippen molar-refractivity contribution in [3.63, 3.8) is 0 Å². The SMILES string of the molecule is Cc1cc(C(=O)OCCCCO)cc(N2C(=O)c3ccc(C(c4ccc5c(c4)C(=O)NC5=O)(C(F)(F)F)C(F)(F)F)cc3C2=O)c1. The molecule has 0 saturated carbocycles. The number of hydrogen-bond donors (Lipinski definition) is 2. The van der Waals surface area contributed by atoms with Gasteiger partial charge in [0.1, 0.15) is 0 Å². The van der Waals surface area contributed by atoms with Crippen LogP contribution in [0.5, 0.6) is 0 Å². The molecule has 0 atom stereocenters. The molecule has 0 radical (unpaired) electrons. The Labute approximate surface area is 255 Å². The van der Waals surface area contributed by atoms with Crippen molar-refractivity contribution >= 4 is 35.3 Å². The standard InChI is InChI=1S/C31H22F6N2O7/c1-15-10-16(28(45)46-9-3-2-8-40)12-19(11-15)39-26(43)21-7-5-18(14-23(21)27(39)44)29(30(32,33)34,31(35,36)37)17-4-6-20-22(13-17)25(42)38-24(20)41/h4-7,10-14,40H,2-3,8-9H2,1H3,(H,38,41,42). The Morgan fingerprint density at radius 1 is 0.761 bits per heavy atom. The molecule has 5 rings (SSSR count). The van der Waals surface area contributed by atoms with Gasteiger partial charge in [-0.25, -0.2) is 9.69 Å². The molecule has 2 aliphatic rings. The largest absolute Gasteiger partial charge is 0.462 e. The third-order valence-electron chi connectivity index (χ3n) is 7.68. The van der Waals surface area contributed by atoms with E-state index >= 15 is 0 Å². The lowest BCUT2D eigenvalue weighted by Gasteiger charge is -2.38. The molecule has 2 heterocycles. The van der Waals surface area contributed by atoms with E-state index in [0.717, 1.165) is 6.07 Å². The van der Waals surface area contributed by atoms with Gasteiger partial charge in [-0.2, -0.15) is 26.3 Å². The number of anilines is 1. The number of aryl methyl sites for hydroxylation is 1. The van der Waals surface area contributed by atoms with E-state index in [4.69, 9.17) is 9.84 Å². The number of hydrogen-bond acceptors (Lipinski definition) is 7. The average Bonchev–Trinajstić information content (AvgIpc) is 3.39. The van der Waals surface area contributed by atoms with Crippen molar-refractivity contribution in [3.05, 3.63) is 99.1 Å². The monoisotopic (exact) mass is 648 g/mol. The van der Waals surface area contributed by atoms with Crippen LogP contribution >= 0.6 is 0 Å². The first-order valence-electron chi connectivity index (χ1n) is 13.6. The summed E-state index contributed by atoms with van der Waals surface area (Å²) in [7, 11) is 0. The molecule has 0 fully saturated rings. The first kappa shape index (κ1) is 32.3. The summed E-state index contributed by atoms with van der Waals surface area (Å²) in [6.45, 7) is 1.36. The highest BCUT2D eigenvalue weighted by atomic mass is 19.4. The number of imide groups is 2. The van der Waals surface area contributed by atoms with Gasteiger partial charge in [-0.05, 0) is 78.9 Å². The Balaban J connectivity index is 1.60. The van der Waals surface area contributed by atoms with Crippen LogP contribution in [0.2, 0.25) is 0 Å². The van der Waals surface area contributed by atoms with Crippen molar-refractivity contribution in [1.82, 2.24) is 5.32 Å². The van der Waals surface area contributed by atoms with Crippen LogP contribution in [0.3, 0.4) is 0 Å². The Morgan fingerprint density at radius 2 is 1.33 bits per heavy atom. The Bertz CT molecular complexity index is 1800. The summed E-state index contributed by atoms with van der Waals surface area (Å²) in [4.78, 5) is 64.0. The molecule has 0 aromatic heterocycles. The topological polar surface area (TPSA) is 130 Å². The highest BCUT2D eigenvalue weighted by molar-refractivity contribution is 6.34. The number of halogens is 6. The lowest BCUT2D eigenvalue weighted by Crippen LogP contribution is -2.55. The molecule has 2 N–H and O–H groups in total. The molecule has 0 unspecified atom stereocenters. The first-order chi connectivity index (χ1) is 21.5. The van der Waals surface area contributed by atoms with E-state index in [-0.39, 0.29) is 24.5 Å². The number of unbranched alkanes of at least 4 members (excludes halogenated alkanes) is 1. The molecular weight excluding hydrogens is 626 g/mol. The van der Waals surface area contributed by atoms with Gasteiger partial charge in [0.15, 0.2) is 0 Å². The average molecular weight is 649 g/mol. The predicted molar refractivity (Wildman–Crippen MR) is 146 cm³/mol. The summed E-state index contributed by atoms with van der Waals surface area (Å²) >= 11 is 0. The molecule has 0 spiro atoms. The molecule has 9 nitrogen and oxygen atoms in total. The maximum atomic E-state index is 14.8. The van der Waals surface area contributed by atoms with Gasteiger partial charge >= 0.3 is 18.3 Å². The van der Waals surface area contributed by atoms with Crippen molar-refractivity contribution in [3.8, 4) is 0 Å². The summed E-state index contributed by atoms with van der Waals surface area (Å²) in [5, 5.41) is 10.7. The molecule has 0 bridgehead atoms. The van der Waals surface area contributed by atoms with E-state index in [1.807, 2.05) is 0 Å². The summed E-state index contributed by atoms with van der Waals surface area (Å²) < 4.78 is 94.1. The minimum atomic E-state index is -6.10. The van der Waals surface area contributed by atoms with Crippen molar-refractivity contribution in [2.45, 2.75) is 37.5 Å². The van der Waals surface area contributed by atoms with E-state index in [1.54, 1.807) is 5.32 Å². The molecular formula is C31H22F6N2O7. The zero-order valence-electron chi connectivity index (χ0n) is 23.6. The maximum Gasteiger partial charge on any atom is 0.411 e. The van der Waals surface area contributed by atoms with E-state index in [2.05, 4.69) is 0 Å². The Hall–Kier alpha value is -5.05. The van der Waals surface area contributed by atoms with Crippen LogP contribution < -0.4 is 10.2 Å². The second-order valence-corrected chi connectivity index (χ2v) is 10.6. The smallest absolute Gasteiger partial charge is 0.411 e. The minimum absolute atomic E-state index is 0.0379. The van der Waals surface area contributed by atoms with Crippen LogP contribution in [0.25, 0.3) is 0 Å². The van der Waals surface area contributed by atoms with Crippen molar-refractivity contribution < 1.29 is 60.2 Å². The van der Waals surface area contributed by atoms with Crippen LogP contribution in [0.15, 0.2) is 54.6 Å². The number of esters is 1. The molecule has 240 valence electrons. The van der Waals surface area contributed by atoms with E-state index in [9.17, 15) is 50.3 Å². The molecule has 3 aromatic rings. The van der Waals surface area contributed by atoms with Crippen LogP contribution in [0.4, 0.5) is 32.0 Å². The number of carbonyl (C=O) groups excluding carboxylic acids is 5. The number of alkyl halides is 6. The molecule has 0 saturated heterocycles. The van der Waals surface area contributed by atoms with Gasteiger partial charge in [0.25, 0.3) is 23.6 Å². The van der Waals surface area contributed by atoms with Crippen molar-refractivity contribution in [2.24, 2.45) is 0 Å². The number of nitrogens with one attached hydrogen (secondary N) is 1. The number of carbonyl (C=O) groups is 5. The van der Waals surface area contributed by atoms with Crippen molar-refractivity contribution in [1.29, 1.82) is 0 Å². The van der Waals surface area contributed by atoms with Gasteiger partial charge in [-0.3, -0.25) is 24.5 Å². The number of aliphatic hydroxyl groups is 1. The number of amides is 4. The molecule has 3 aromatic carbocycles. The third kappa shape index (κ3) is 5.09. The second kappa shape index (κ2) is 11.4. The maximum absolute atomic E-state index is 14.8. The van der Waals surface area contributed by atoms with Crippen LogP contribution in [0.1, 0.15) is 81.3 Å². The number of ether oxygens (including phenoxy) is 1. The second-order valence-electron chi connectivity index (χ2n) is 10.6. The van der Waals surface area contributed by atoms with Gasteiger partial charge in [0, 0.05) is 6.61 Å². The Morgan fingerprint density at radius 3 is 1.93 bits per heavy atom. The van der Waals surface area contributed by atoms with Crippen molar-refractivity contribution in [2.75, 3.05) is 18.1 Å². The van der Waals surface area contributed by atoms with Crippen LogP contribution in [-0.4, -0.2) is 60.3 Å². The number of benzene rings is 3. The lowest BCUT2D eigenvalue weighted by molar-refractivity contribution is -0.288. The minimum Gasteiger partial charge on any atom is -0.462 e. The lowest BCUT2D eigenvalue weighted by atomic mass is 9.71. The van der Waals surface area contributed by atoms with Gasteiger partial charge in [-0.1, -0.05) is 12.1 Å². The predicted octanol–water partition coefficient (Wildman–Crippen LogP) is 5.02. The molecule has 15 heteroatoms. The zero-order chi connectivity index (χ0) is 33.8. The third-order valence-corrected chi connectivity index (χ3v) is 7.68. The normalized spacial score (nSPS) is 14.8.